The highest BCUT2D eigenvalue weighted by Crippen LogP contribution is 2.27. The van der Waals surface area contributed by atoms with E-state index in [1.807, 2.05) is 29.6 Å². The Balaban J connectivity index is 1.66. The molecule has 0 aliphatic rings. The number of hydrogen-bond donors (Lipinski definition) is 1. The minimum Gasteiger partial charge on any atom is -0.347 e. The molecule has 0 aliphatic heterocycles. The SMILES string of the molecule is O=C(NCc1cccnc1)c1csc(-c2cccs2)n1. The molecule has 0 spiro atoms. The topological polar surface area (TPSA) is 54.9 Å². The van der Waals surface area contributed by atoms with Gasteiger partial charge in [0.25, 0.3) is 5.91 Å². The lowest BCUT2D eigenvalue weighted by Gasteiger charge is -2.02. The van der Waals surface area contributed by atoms with E-state index in [-0.39, 0.29) is 5.91 Å². The van der Waals surface area contributed by atoms with Crippen molar-refractivity contribution >= 4 is 28.6 Å². The van der Waals surface area contributed by atoms with Crippen molar-refractivity contribution in [3.05, 3.63) is 58.7 Å². The van der Waals surface area contributed by atoms with Crippen molar-refractivity contribution in [2.75, 3.05) is 0 Å². The van der Waals surface area contributed by atoms with Crippen molar-refractivity contribution in [2.45, 2.75) is 6.54 Å². The van der Waals surface area contributed by atoms with Crippen LogP contribution in [0.15, 0.2) is 47.4 Å². The van der Waals surface area contributed by atoms with Crippen LogP contribution in [-0.2, 0) is 6.54 Å². The number of amides is 1. The number of carbonyl (C=O) groups excluding carboxylic acids is 1. The van der Waals surface area contributed by atoms with E-state index < -0.39 is 0 Å². The van der Waals surface area contributed by atoms with E-state index in [0.29, 0.717) is 12.2 Å². The maximum Gasteiger partial charge on any atom is 0.271 e. The van der Waals surface area contributed by atoms with Gasteiger partial charge >= 0.3 is 0 Å². The molecule has 0 unspecified atom stereocenters. The Morgan fingerprint density at radius 2 is 2.20 bits per heavy atom. The molecule has 1 amide bonds. The second kappa shape index (κ2) is 5.94. The summed E-state index contributed by atoms with van der Waals surface area (Å²) >= 11 is 3.10. The van der Waals surface area contributed by atoms with Crippen molar-refractivity contribution in [1.82, 2.24) is 15.3 Å². The molecule has 3 aromatic rings. The molecule has 0 saturated heterocycles. The summed E-state index contributed by atoms with van der Waals surface area (Å²) in [5, 5.41) is 7.51. The molecular weight excluding hydrogens is 290 g/mol. The van der Waals surface area contributed by atoms with Crippen molar-refractivity contribution < 1.29 is 4.79 Å². The molecule has 4 nitrogen and oxygen atoms in total. The van der Waals surface area contributed by atoms with Gasteiger partial charge < -0.3 is 5.32 Å². The summed E-state index contributed by atoms with van der Waals surface area (Å²) in [5.74, 6) is -0.159. The molecule has 0 saturated carbocycles. The number of aromatic nitrogens is 2. The number of rotatable bonds is 4. The van der Waals surface area contributed by atoms with Gasteiger partial charge in [0, 0.05) is 24.3 Å². The predicted octanol–water partition coefficient (Wildman–Crippen LogP) is 3.20. The summed E-state index contributed by atoms with van der Waals surface area (Å²) in [4.78, 5) is 21.5. The van der Waals surface area contributed by atoms with Crippen LogP contribution < -0.4 is 5.32 Å². The molecule has 0 radical (unpaired) electrons. The van der Waals surface area contributed by atoms with Gasteiger partial charge in [0.05, 0.1) is 4.88 Å². The quantitative estimate of drug-likeness (QED) is 0.805. The zero-order chi connectivity index (χ0) is 13.8. The third-order valence-corrected chi connectivity index (χ3v) is 4.53. The molecular formula is C14H11N3OS2. The van der Waals surface area contributed by atoms with Gasteiger partial charge in [-0.25, -0.2) is 4.98 Å². The Labute approximate surface area is 124 Å². The van der Waals surface area contributed by atoms with Gasteiger partial charge in [0.15, 0.2) is 0 Å². The molecule has 1 N–H and O–H groups in total. The Bertz CT molecular complexity index is 692. The molecule has 20 heavy (non-hydrogen) atoms. The molecule has 3 rings (SSSR count). The molecule has 3 heterocycles. The Morgan fingerprint density at radius 1 is 1.25 bits per heavy atom. The highest BCUT2D eigenvalue weighted by Gasteiger charge is 2.11. The smallest absolute Gasteiger partial charge is 0.271 e. The summed E-state index contributed by atoms with van der Waals surface area (Å²) in [6.07, 6.45) is 3.44. The molecule has 0 atom stereocenters. The minimum absolute atomic E-state index is 0.159. The number of nitrogens with one attached hydrogen (secondary N) is 1. The van der Waals surface area contributed by atoms with Crippen LogP contribution in [0, 0.1) is 0 Å². The summed E-state index contributed by atoms with van der Waals surface area (Å²) in [6.45, 7) is 0.457. The monoisotopic (exact) mass is 301 g/mol. The molecule has 0 bridgehead atoms. The van der Waals surface area contributed by atoms with E-state index in [9.17, 15) is 4.79 Å². The number of carbonyl (C=O) groups is 1. The van der Waals surface area contributed by atoms with E-state index in [1.54, 1.807) is 29.1 Å². The molecule has 0 aliphatic carbocycles. The normalized spacial score (nSPS) is 10.4. The highest BCUT2D eigenvalue weighted by atomic mass is 32.1. The average Bonchev–Trinajstić information content (AvgIpc) is 3.16. The summed E-state index contributed by atoms with van der Waals surface area (Å²) < 4.78 is 0. The van der Waals surface area contributed by atoms with Crippen molar-refractivity contribution in [1.29, 1.82) is 0 Å². The van der Waals surface area contributed by atoms with E-state index in [0.717, 1.165) is 15.4 Å². The van der Waals surface area contributed by atoms with Crippen LogP contribution in [0.1, 0.15) is 16.1 Å². The first-order valence-corrected chi connectivity index (χ1v) is 7.75. The summed E-state index contributed by atoms with van der Waals surface area (Å²) in [7, 11) is 0. The fourth-order valence-corrected chi connectivity index (χ4v) is 3.28. The second-order valence-electron chi connectivity index (χ2n) is 4.06. The van der Waals surface area contributed by atoms with Gasteiger partial charge in [-0.2, -0.15) is 0 Å². The fraction of sp³-hybridized carbons (Fsp3) is 0.0714. The molecule has 0 aromatic carbocycles. The average molecular weight is 301 g/mol. The summed E-state index contributed by atoms with van der Waals surface area (Å²) in [6, 6.07) is 7.75. The van der Waals surface area contributed by atoms with Gasteiger partial charge in [0.1, 0.15) is 10.7 Å². The van der Waals surface area contributed by atoms with Crippen molar-refractivity contribution in [2.24, 2.45) is 0 Å². The Morgan fingerprint density at radius 3 is 2.95 bits per heavy atom. The number of nitrogens with zero attached hydrogens (tertiary/aromatic N) is 2. The first-order chi connectivity index (χ1) is 9.83. The van der Waals surface area contributed by atoms with E-state index in [1.165, 1.54) is 11.3 Å². The molecule has 100 valence electrons. The fourth-order valence-electron chi connectivity index (χ4n) is 1.67. The van der Waals surface area contributed by atoms with Crippen LogP contribution in [-0.4, -0.2) is 15.9 Å². The zero-order valence-electron chi connectivity index (χ0n) is 10.4. The third kappa shape index (κ3) is 2.92. The van der Waals surface area contributed by atoms with E-state index >= 15 is 0 Å². The van der Waals surface area contributed by atoms with Crippen LogP contribution >= 0.6 is 22.7 Å². The minimum atomic E-state index is -0.159. The van der Waals surface area contributed by atoms with Crippen LogP contribution in [0.3, 0.4) is 0 Å². The zero-order valence-corrected chi connectivity index (χ0v) is 12.1. The maximum absolute atomic E-state index is 12.0. The number of pyridine rings is 1. The third-order valence-electron chi connectivity index (χ3n) is 2.64. The first-order valence-electron chi connectivity index (χ1n) is 5.99. The van der Waals surface area contributed by atoms with E-state index in [4.69, 9.17) is 0 Å². The Kier molecular flexibility index (Phi) is 3.85. The van der Waals surface area contributed by atoms with Crippen LogP contribution in [0.5, 0.6) is 0 Å². The van der Waals surface area contributed by atoms with Crippen LogP contribution in [0.25, 0.3) is 9.88 Å². The largest absolute Gasteiger partial charge is 0.347 e. The molecule has 6 heteroatoms. The second-order valence-corrected chi connectivity index (χ2v) is 5.86. The lowest BCUT2D eigenvalue weighted by molar-refractivity contribution is 0.0946. The van der Waals surface area contributed by atoms with Gasteiger partial charge in [0.2, 0.25) is 0 Å². The summed E-state index contributed by atoms with van der Waals surface area (Å²) in [5.41, 5.74) is 1.43. The number of thiophene rings is 1. The maximum atomic E-state index is 12.0. The lowest BCUT2D eigenvalue weighted by Crippen LogP contribution is -2.23. The number of thiazole rings is 1. The van der Waals surface area contributed by atoms with Crippen LogP contribution in [0.2, 0.25) is 0 Å². The van der Waals surface area contributed by atoms with Gasteiger partial charge in [-0.05, 0) is 23.1 Å². The predicted molar refractivity (Wildman–Crippen MR) is 80.8 cm³/mol. The van der Waals surface area contributed by atoms with Crippen molar-refractivity contribution in [3.8, 4) is 9.88 Å². The van der Waals surface area contributed by atoms with Gasteiger partial charge in [-0.1, -0.05) is 12.1 Å². The molecule has 0 fully saturated rings. The first kappa shape index (κ1) is 13.0. The highest BCUT2D eigenvalue weighted by molar-refractivity contribution is 7.20. The van der Waals surface area contributed by atoms with Gasteiger partial charge in [-0.3, -0.25) is 9.78 Å². The Hall–Kier alpha value is -2.05. The van der Waals surface area contributed by atoms with E-state index in [2.05, 4.69) is 15.3 Å². The van der Waals surface area contributed by atoms with Gasteiger partial charge in [-0.15, -0.1) is 22.7 Å². The molecule has 3 aromatic heterocycles. The van der Waals surface area contributed by atoms with Crippen molar-refractivity contribution in [3.63, 3.8) is 0 Å². The lowest BCUT2D eigenvalue weighted by atomic mass is 10.3. The standard InChI is InChI=1S/C14H11N3OS2/c18-13(16-8-10-3-1-5-15-7-10)11-9-20-14(17-11)12-4-2-6-19-12/h1-7,9H,8H2,(H,16,18). The number of hydrogen-bond acceptors (Lipinski definition) is 5. The van der Waals surface area contributed by atoms with Crippen LogP contribution in [0.4, 0.5) is 0 Å².